The van der Waals surface area contributed by atoms with Crippen LogP contribution in [-0.2, 0) is 11.3 Å². The summed E-state index contributed by atoms with van der Waals surface area (Å²) in [6, 6.07) is 3.73. The van der Waals surface area contributed by atoms with E-state index < -0.39 is 30.2 Å². The molecule has 0 radical (unpaired) electrons. The van der Waals surface area contributed by atoms with Crippen molar-refractivity contribution in [3.8, 4) is 22.8 Å². The molecule has 0 amide bonds. The van der Waals surface area contributed by atoms with Gasteiger partial charge in [0, 0.05) is 23.4 Å². The molecule has 1 heterocycles. The highest BCUT2D eigenvalue weighted by molar-refractivity contribution is 9.09. The summed E-state index contributed by atoms with van der Waals surface area (Å²) in [6.45, 7) is 5.95. The van der Waals surface area contributed by atoms with Gasteiger partial charge in [0.05, 0.1) is 9.85 Å². The van der Waals surface area contributed by atoms with Gasteiger partial charge in [0.15, 0.2) is 17.3 Å². The van der Waals surface area contributed by atoms with Crippen molar-refractivity contribution in [2.75, 3.05) is 6.54 Å². The second-order valence-electron chi connectivity index (χ2n) is 6.70. The predicted molar refractivity (Wildman–Crippen MR) is 108 cm³/mol. The van der Waals surface area contributed by atoms with Crippen LogP contribution in [0.25, 0.3) is 11.3 Å². The van der Waals surface area contributed by atoms with Gasteiger partial charge in [-0.25, -0.2) is 9.11 Å². The van der Waals surface area contributed by atoms with Crippen molar-refractivity contribution in [2.24, 2.45) is 0 Å². The van der Waals surface area contributed by atoms with Crippen molar-refractivity contribution < 1.29 is 27.1 Å². The maximum absolute atomic E-state index is 13.7. The Bertz CT molecular complexity index is 845. The maximum atomic E-state index is 13.7. The molecule has 0 bridgehead atoms. The van der Waals surface area contributed by atoms with E-state index in [4.69, 9.17) is 20.4 Å². The molecule has 0 saturated carbocycles. The first-order valence-corrected chi connectivity index (χ1v) is 13.7. The Morgan fingerprint density at radius 3 is 2.74 bits per heavy atom. The fraction of sp³-hybridized carbons (Fsp3) is 0.375. The van der Waals surface area contributed by atoms with Gasteiger partial charge in [0.2, 0.25) is 14.1 Å². The Labute approximate surface area is 173 Å². The summed E-state index contributed by atoms with van der Waals surface area (Å²) in [4.78, 5) is -0.452. The summed E-state index contributed by atoms with van der Waals surface area (Å²) in [5.41, 5.74) is 0.194. The standard InChI is InChI=1S/C16H20BrClFNO5SSi/c1-27(2,3)25-16-13(21)14(10-8-9(19)4-5-12(10)18)24-15(16)11(17)6-7-20-26(22)23/h4-5,8,11,20-21H,6-7H2,1-3H3,(H,22,23)/p-1. The number of hydrogen-bond donors (Lipinski definition) is 2. The molecule has 0 aliphatic rings. The van der Waals surface area contributed by atoms with E-state index in [9.17, 15) is 18.3 Å². The number of benzene rings is 1. The fourth-order valence-electron chi connectivity index (χ4n) is 2.29. The minimum Gasteiger partial charge on any atom is -0.760 e. The molecule has 1 aromatic carbocycles. The molecule has 150 valence electrons. The number of hydrogen-bond acceptors (Lipinski definition) is 5. The summed E-state index contributed by atoms with van der Waals surface area (Å²) in [5, 5.41) is 10.9. The normalized spacial score (nSPS) is 14.2. The minimum atomic E-state index is -2.38. The Morgan fingerprint density at radius 1 is 1.48 bits per heavy atom. The molecule has 0 aliphatic carbocycles. The quantitative estimate of drug-likeness (QED) is 0.307. The molecule has 2 unspecified atom stereocenters. The van der Waals surface area contributed by atoms with Crippen LogP contribution in [0, 0.1) is 5.82 Å². The highest BCUT2D eigenvalue weighted by Crippen LogP contribution is 2.50. The van der Waals surface area contributed by atoms with Crippen LogP contribution in [0.5, 0.6) is 11.5 Å². The Kier molecular flexibility index (Phi) is 7.51. The monoisotopic (exact) mass is 498 g/mol. The average molecular weight is 500 g/mol. The van der Waals surface area contributed by atoms with Crippen molar-refractivity contribution in [3.05, 3.63) is 34.8 Å². The number of halogens is 3. The van der Waals surface area contributed by atoms with Crippen molar-refractivity contribution in [3.63, 3.8) is 0 Å². The lowest BCUT2D eigenvalue weighted by Crippen LogP contribution is -2.29. The maximum Gasteiger partial charge on any atom is 0.242 e. The van der Waals surface area contributed by atoms with Crippen molar-refractivity contribution in [2.45, 2.75) is 30.9 Å². The molecule has 6 nitrogen and oxygen atoms in total. The molecule has 27 heavy (non-hydrogen) atoms. The van der Waals surface area contributed by atoms with Crippen molar-refractivity contribution in [1.82, 2.24) is 4.72 Å². The van der Waals surface area contributed by atoms with Gasteiger partial charge in [0.25, 0.3) is 0 Å². The van der Waals surface area contributed by atoms with E-state index in [0.717, 1.165) is 6.07 Å². The largest absolute Gasteiger partial charge is 0.760 e. The van der Waals surface area contributed by atoms with Crippen LogP contribution in [0.15, 0.2) is 22.6 Å². The zero-order valence-electron chi connectivity index (χ0n) is 14.8. The van der Waals surface area contributed by atoms with Crippen LogP contribution in [0.1, 0.15) is 17.0 Å². The molecule has 1 aromatic heterocycles. The lowest BCUT2D eigenvalue weighted by atomic mass is 10.1. The van der Waals surface area contributed by atoms with Crippen molar-refractivity contribution >= 4 is 47.1 Å². The van der Waals surface area contributed by atoms with Gasteiger partial charge in [-0.2, -0.15) is 0 Å². The van der Waals surface area contributed by atoms with Crippen LogP contribution in [0.3, 0.4) is 0 Å². The first-order valence-electron chi connectivity index (χ1n) is 7.96. The summed E-state index contributed by atoms with van der Waals surface area (Å²) in [5.74, 6) is -0.382. The van der Waals surface area contributed by atoms with Gasteiger partial charge in [-0.1, -0.05) is 27.5 Å². The molecular weight excluding hydrogens is 481 g/mol. The van der Waals surface area contributed by atoms with E-state index in [2.05, 4.69) is 20.7 Å². The third-order valence-electron chi connectivity index (χ3n) is 3.35. The third kappa shape index (κ3) is 6.03. The molecular formula is C16H19BrClFNO5SSi-. The van der Waals surface area contributed by atoms with Crippen LogP contribution < -0.4 is 9.15 Å². The van der Waals surface area contributed by atoms with Gasteiger partial charge in [-0.15, -0.1) is 0 Å². The molecule has 11 heteroatoms. The molecule has 2 rings (SSSR count). The van der Waals surface area contributed by atoms with Gasteiger partial charge in [-0.05, 0) is 44.3 Å². The molecule has 0 saturated heterocycles. The average Bonchev–Trinajstić information content (AvgIpc) is 2.85. The molecule has 2 aromatic rings. The molecule has 0 aliphatic heterocycles. The fourth-order valence-corrected chi connectivity index (χ4v) is 4.12. The Morgan fingerprint density at radius 2 is 2.15 bits per heavy atom. The number of furan rings is 1. The van der Waals surface area contributed by atoms with E-state index in [0.29, 0.717) is 6.42 Å². The Balaban J connectivity index is 2.48. The van der Waals surface area contributed by atoms with Crippen LogP contribution >= 0.6 is 27.5 Å². The summed E-state index contributed by atoms with van der Waals surface area (Å²) >= 11 is 7.19. The minimum absolute atomic E-state index is 0.00689. The zero-order chi connectivity index (χ0) is 20.4. The van der Waals surface area contributed by atoms with E-state index in [1.165, 1.54) is 12.1 Å². The van der Waals surface area contributed by atoms with E-state index in [1.807, 2.05) is 19.6 Å². The molecule has 2 atom stereocenters. The van der Waals surface area contributed by atoms with Gasteiger partial charge in [0.1, 0.15) is 5.82 Å². The second-order valence-corrected chi connectivity index (χ2v) is 13.4. The van der Waals surface area contributed by atoms with Crippen molar-refractivity contribution in [1.29, 1.82) is 0 Å². The number of nitrogens with one attached hydrogen (secondary N) is 1. The molecule has 0 fully saturated rings. The predicted octanol–water partition coefficient (Wildman–Crippen LogP) is 4.87. The van der Waals surface area contributed by atoms with Crippen LogP contribution in [-0.4, -0.2) is 28.7 Å². The third-order valence-corrected chi connectivity index (χ3v) is 5.81. The van der Waals surface area contributed by atoms with E-state index in [1.54, 1.807) is 0 Å². The number of alkyl halides is 1. The van der Waals surface area contributed by atoms with Gasteiger partial charge < -0.3 is 18.5 Å². The van der Waals surface area contributed by atoms with E-state index in [-0.39, 0.29) is 40.2 Å². The van der Waals surface area contributed by atoms with Gasteiger partial charge >= 0.3 is 0 Å². The highest BCUT2D eigenvalue weighted by Gasteiger charge is 2.31. The topological polar surface area (TPSA) is 94.8 Å². The lowest BCUT2D eigenvalue weighted by Gasteiger charge is -2.20. The number of rotatable bonds is 8. The summed E-state index contributed by atoms with van der Waals surface area (Å²) < 4.78 is 48.9. The molecule has 0 spiro atoms. The summed E-state index contributed by atoms with van der Waals surface area (Å²) in [7, 11) is -2.13. The van der Waals surface area contributed by atoms with E-state index >= 15 is 0 Å². The molecule has 2 N–H and O–H groups in total. The SMILES string of the molecule is C[Si](C)(C)Oc1c(C(Br)CCNS(=O)[O-])oc(-c2cc(F)ccc2Cl)c1O. The van der Waals surface area contributed by atoms with Gasteiger partial charge in [-0.3, -0.25) is 4.21 Å². The smallest absolute Gasteiger partial charge is 0.242 e. The zero-order valence-corrected chi connectivity index (χ0v) is 19.0. The second kappa shape index (κ2) is 9.06. The summed E-state index contributed by atoms with van der Waals surface area (Å²) in [6.07, 6.45) is 0.333. The first-order chi connectivity index (χ1) is 12.5. The van der Waals surface area contributed by atoms with Crippen LogP contribution in [0.2, 0.25) is 24.7 Å². The Hall–Kier alpha value is -0.913. The van der Waals surface area contributed by atoms with Crippen LogP contribution in [0.4, 0.5) is 4.39 Å². The first kappa shape index (κ1) is 22.4. The highest BCUT2D eigenvalue weighted by atomic mass is 79.9. The number of aromatic hydroxyl groups is 1. The lowest BCUT2D eigenvalue weighted by molar-refractivity contribution is 0.438.